The molecule has 0 saturated heterocycles. The zero-order valence-electron chi connectivity index (χ0n) is 12.7. The van der Waals surface area contributed by atoms with Gasteiger partial charge in [-0.15, -0.1) is 0 Å². The number of aromatic carboxylic acids is 1. The van der Waals surface area contributed by atoms with Crippen LogP contribution in [-0.2, 0) is 0 Å². The third-order valence-electron chi connectivity index (χ3n) is 4.06. The number of hydrogen-bond acceptors (Lipinski definition) is 4. The SMILES string of the molecule is CN1CCCC(NC(=O)c2cc(C(=O)O)[nH]n2)c2ccccc21. The number of carboxylic acids is 1. The molecule has 0 aliphatic carbocycles. The first kappa shape index (κ1) is 15.1. The number of carbonyl (C=O) groups is 2. The molecule has 1 aliphatic rings. The molecule has 7 nitrogen and oxygen atoms in total. The van der Waals surface area contributed by atoms with E-state index in [4.69, 9.17) is 5.11 Å². The van der Waals surface area contributed by atoms with Crippen LogP contribution in [0.25, 0.3) is 0 Å². The molecule has 1 atom stereocenters. The van der Waals surface area contributed by atoms with Crippen LogP contribution in [0.4, 0.5) is 5.69 Å². The lowest BCUT2D eigenvalue weighted by molar-refractivity contribution is 0.0690. The van der Waals surface area contributed by atoms with Gasteiger partial charge in [0.25, 0.3) is 5.91 Å². The van der Waals surface area contributed by atoms with Gasteiger partial charge < -0.3 is 15.3 Å². The second kappa shape index (κ2) is 6.12. The summed E-state index contributed by atoms with van der Waals surface area (Å²) in [7, 11) is 2.04. The van der Waals surface area contributed by atoms with Crippen molar-refractivity contribution < 1.29 is 14.7 Å². The van der Waals surface area contributed by atoms with Crippen LogP contribution in [0.5, 0.6) is 0 Å². The number of aromatic nitrogens is 2. The maximum Gasteiger partial charge on any atom is 0.353 e. The summed E-state index contributed by atoms with van der Waals surface area (Å²) in [5.74, 6) is -1.52. The predicted molar refractivity (Wildman–Crippen MR) is 84.7 cm³/mol. The monoisotopic (exact) mass is 314 g/mol. The molecule has 1 unspecified atom stereocenters. The van der Waals surface area contributed by atoms with E-state index in [0.717, 1.165) is 30.6 Å². The highest BCUT2D eigenvalue weighted by Crippen LogP contribution is 2.32. The molecule has 0 radical (unpaired) electrons. The fraction of sp³-hybridized carbons (Fsp3) is 0.312. The quantitative estimate of drug-likeness (QED) is 0.802. The van der Waals surface area contributed by atoms with Gasteiger partial charge in [-0.25, -0.2) is 4.79 Å². The fourth-order valence-electron chi connectivity index (χ4n) is 2.87. The Morgan fingerprint density at radius 3 is 2.91 bits per heavy atom. The number of nitrogens with zero attached hydrogens (tertiary/aromatic N) is 2. The van der Waals surface area contributed by atoms with Crippen LogP contribution < -0.4 is 10.2 Å². The van der Waals surface area contributed by atoms with Gasteiger partial charge in [0.1, 0.15) is 5.69 Å². The van der Waals surface area contributed by atoms with Crippen LogP contribution in [0.1, 0.15) is 45.4 Å². The molecular formula is C16H18N4O3. The Balaban J connectivity index is 1.82. The van der Waals surface area contributed by atoms with E-state index in [2.05, 4.69) is 20.4 Å². The van der Waals surface area contributed by atoms with E-state index in [1.54, 1.807) is 0 Å². The number of nitrogens with one attached hydrogen (secondary N) is 2. The fourth-order valence-corrected chi connectivity index (χ4v) is 2.87. The van der Waals surface area contributed by atoms with Crippen molar-refractivity contribution in [2.75, 3.05) is 18.5 Å². The average Bonchev–Trinajstić information content (AvgIpc) is 2.98. The lowest BCUT2D eigenvalue weighted by Crippen LogP contribution is -2.28. The summed E-state index contributed by atoms with van der Waals surface area (Å²) in [4.78, 5) is 25.4. The Morgan fingerprint density at radius 2 is 2.17 bits per heavy atom. The highest BCUT2D eigenvalue weighted by atomic mass is 16.4. The van der Waals surface area contributed by atoms with E-state index < -0.39 is 5.97 Å². The molecule has 7 heteroatoms. The molecule has 1 aromatic heterocycles. The van der Waals surface area contributed by atoms with Gasteiger partial charge >= 0.3 is 5.97 Å². The number of H-pyrrole nitrogens is 1. The largest absolute Gasteiger partial charge is 0.477 e. The molecule has 1 amide bonds. The summed E-state index contributed by atoms with van der Waals surface area (Å²) in [6.45, 7) is 0.926. The van der Waals surface area contributed by atoms with Crippen LogP contribution >= 0.6 is 0 Å². The van der Waals surface area contributed by atoms with Crippen LogP contribution in [0, 0.1) is 0 Å². The van der Waals surface area contributed by atoms with E-state index in [1.165, 1.54) is 6.07 Å². The van der Waals surface area contributed by atoms with Gasteiger partial charge in [0, 0.05) is 25.3 Å². The van der Waals surface area contributed by atoms with E-state index >= 15 is 0 Å². The molecule has 0 bridgehead atoms. The topological polar surface area (TPSA) is 98.3 Å². The maximum absolute atomic E-state index is 12.4. The van der Waals surface area contributed by atoms with Crippen molar-refractivity contribution in [1.29, 1.82) is 0 Å². The highest BCUT2D eigenvalue weighted by molar-refractivity contribution is 5.95. The summed E-state index contributed by atoms with van der Waals surface area (Å²) in [6.07, 6.45) is 1.78. The standard InChI is InChI=1S/C16H18N4O3/c1-20-8-4-6-11(10-5-2-3-7-14(10)20)17-15(21)12-9-13(16(22)23)19-18-12/h2-3,5,7,9,11H,4,6,8H2,1H3,(H,17,21)(H,18,19)(H,22,23). The second-order valence-electron chi connectivity index (χ2n) is 5.62. The molecule has 0 spiro atoms. The number of para-hydroxylation sites is 1. The molecule has 0 saturated carbocycles. The Bertz CT molecular complexity index is 740. The first-order valence-electron chi connectivity index (χ1n) is 7.46. The summed E-state index contributed by atoms with van der Waals surface area (Å²) in [5, 5.41) is 18.0. The minimum Gasteiger partial charge on any atom is -0.477 e. The van der Waals surface area contributed by atoms with E-state index in [-0.39, 0.29) is 23.3 Å². The number of carbonyl (C=O) groups excluding carboxylic acids is 1. The van der Waals surface area contributed by atoms with Gasteiger partial charge in [0.15, 0.2) is 5.69 Å². The molecular weight excluding hydrogens is 296 g/mol. The van der Waals surface area contributed by atoms with Crippen molar-refractivity contribution >= 4 is 17.6 Å². The number of fused-ring (bicyclic) bond motifs is 1. The van der Waals surface area contributed by atoms with Gasteiger partial charge in [-0.3, -0.25) is 9.89 Å². The summed E-state index contributed by atoms with van der Waals surface area (Å²) in [5.41, 5.74) is 2.15. The van der Waals surface area contributed by atoms with Gasteiger partial charge in [0.2, 0.25) is 0 Å². The average molecular weight is 314 g/mol. The van der Waals surface area contributed by atoms with Crippen molar-refractivity contribution in [1.82, 2.24) is 15.5 Å². The predicted octanol–water partition coefficient (Wildman–Crippen LogP) is 1.81. The van der Waals surface area contributed by atoms with Gasteiger partial charge in [-0.2, -0.15) is 5.10 Å². The van der Waals surface area contributed by atoms with Gasteiger partial charge in [-0.1, -0.05) is 18.2 Å². The minimum atomic E-state index is -1.14. The number of amides is 1. The number of aromatic amines is 1. The van der Waals surface area contributed by atoms with Crippen LogP contribution in [0.3, 0.4) is 0 Å². The number of carboxylic acid groups (broad SMARTS) is 1. The smallest absolute Gasteiger partial charge is 0.353 e. The number of rotatable bonds is 3. The molecule has 1 aromatic carbocycles. The van der Waals surface area contributed by atoms with Crippen molar-refractivity contribution in [2.45, 2.75) is 18.9 Å². The lowest BCUT2D eigenvalue weighted by atomic mass is 10.0. The first-order valence-corrected chi connectivity index (χ1v) is 7.46. The molecule has 120 valence electrons. The van der Waals surface area contributed by atoms with Gasteiger partial charge in [-0.05, 0) is 24.5 Å². The summed E-state index contributed by atoms with van der Waals surface area (Å²) >= 11 is 0. The van der Waals surface area contributed by atoms with Crippen molar-refractivity contribution in [3.63, 3.8) is 0 Å². The van der Waals surface area contributed by atoms with Gasteiger partial charge in [0.05, 0.1) is 6.04 Å². The molecule has 23 heavy (non-hydrogen) atoms. The Morgan fingerprint density at radius 1 is 1.39 bits per heavy atom. The highest BCUT2D eigenvalue weighted by Gasteiger charge is 2.24. The van der Waals surface area contributed by atoms with E-state index in [0.29, 0.717) is 0 Å². The Labute approximate surface area is 133 Å². The van der Waals surface area contributed by atoms with Crippen LogP contribution in [0.15, 0.2) is 30.3 Å². The van der Waals surface area contributed by atoms with Crippen molar-refractivity contribution in [3.05, 3.63) is 47.3 Å². The summed E-state index contributed by atoms with van der Waals surface area (Å²) < 4.78 is 0. The van der Waals surface area contributed by atoms with Crippen LogP contribution in [-0.4, -0.2) is 40.8 Å². The molecule has 1 aliphatic heterocycles. The molecule has 3 N–H and O–H groups in total. The molecule has 2 aromatic rings. The Kier molecular flexibility index (Phi) is 4.01. The molecule has 0 fully saturated rings. The minimum absolute atomic E-state index is 0.0810. The normalized spacial score (nSPS) is 17.3. The van der Waals surface area contributed by atoms with E-state index in [9.17, 15) is 9.59 Å². The molecule has 2 heterocycles. The first-order chi connectivity index (χ1) is 11.1. The zero-order valence-corrected chi connectivity index (χ0v) is 12.7. The van der Waals surface area contributed by atoms with Crippen molar-refractivity contribution in [2.24, 2.45) is 0 Å². The van der Waals surface area contributed by atoms with E-state index in [1.807, 2.05) is 31.3 Å². The zero-order chi connectivity index (χ0) is 16.4. The number of benzene rings is 1. The molecule has 3 rings (SSSR count). The lowest BCUT2D eigenvalue weighted by Gasteiger charge is -2.21. The number of hydrogen-bond donors (Lipinski definition) is 3. The number of anilines is 1. The third kappa shape index (κ3) is 3.03. The maximum atomic E-state index is 12.4. The van der Waals surface area contributed by atoms with Crippen LogP contribution in [0.2, 0.25) is 0 Å². The third-order valence-corrected chi connectivity index (χ3v) is 4.06. The second-order valence-corrected chi connectivity index (χ2v) is 5.62. The summed E-state index contributed by atoms with van der Waals surface area (Å²) in [6, 6.07) is 9.10. The van der Waals surface area contributed by atoms with Crippen molar-refractivity contribution in [3.8, 4) is 0 Å². The Hall–Kier alpha value is -2.83.